The van der Waals surface area contributed by atoms with Gasteiger partial charge in [-0.15, -0.1) is 5.10 Å². The first-order chi connectivity index (χ1) is 9.88. The lowest BCUT2D eigenvalue weighted by Crippen LogP contribution is -2.42. The summed E-state index contributed by atoms with van der Waals surface area (Å²) in [6, 6.07) is 1.34. The van der Waals surface area contributed by atoms with E-state index in [9.17, 15) is 0 Å². The van der Waals surface area contributed by atoms with Gasteiger partial charge in [0.25, 0.3) is 0 Å². The summed E-state index contributed by atoms with van der Waals surface area (Å²) in [6.07, 6.45) is 6.58. The molecule has 1 aliphatic carbocycles. The van der Waals surface area contributed by atoms with Crippen LogP contribution < -0.4 is 10.2 Å². The highest BCUT2D eigenvalue weighted by Crippen LogP contribution is 2.38. The average molecular weight is 280 g/mol. The molecule has 1 N–H and O–H groups in total. The highest BCUT2D eigenvalue weighted by molar-refractivity contribution is 5.29. The zero-order chi connectivity index (χ0) is 13.8. The molecule has 0 spiro atoms. The van der Waals surface area contributed by atoms with Crippen LogP contribution in [0.4, 0.5) is 6.01 Å². The Labute approximate surface area is 119 Å². The number of nitrogens with one attached hydrogen (secondary N) is 1. The Balaban J connectivity index is 1.58. The van der Waals surface area contributed by atoms with Gasteiger partial charge in [0.1, 0.15) is 0 Å². The van der Waals surface area contributed by atoms with Gasteiger partial charge in [-0.3, -0.25) is 0 Å². The second-order valence-corrected chi connectivity index (χ2v) is 5.74. The Bertz CT molecular complexity index is 423. The molecule has 1 saturated carbocycles. The minimum absolute atomic E-state index is 0.609. The van der Waals surface area contributed by atoms with Crippen molar-refractivity contribution in [1.29, 1.82) is 0 Å². The van der Waals surface area contributed by atoms with Crippen molar-refractivity contribution in [3.8, 4) is 0 Å². The second kappa shape index (κ2) is 6.54. The zero-order valence-electron chi connectivity index (χ0n) is 12.2. The predicted octanol–water partition coefficient (Wildman–Crippen LogP) is 1.57. The van der Waals surface area contributed by atoms with Gasteiger partial charge >= 0.3 is 6.01 Å². The first-order valence-electron chi connectivity index (χ1n) is 7.67. The Kier molecular flexibility index (Phi) is 4.52. The molecule has 0 radical (unpaired) electrons. The maximum Gasteiger partial charge on any atom is 0.318 e. The quantitative estimate of drug-likeness (QED) is 0.798. The predicted molar refractivity (Wildman–Crippen MR) is 75.6 cm³/mol. The normalized spacial score (nSPS) is 25.9. The number of rotatable bonds is 6. The third-order valence-corrected chi connectivity index (χ3v) is 4.45. The molecule has 6 heteroatoms. The van der Waals surface area contributed by atoms with E-state index in [2.05, 4.69) is 20.4 Å². The molecule has 112 valence electrons. The van der Waals surface area contributed by atoms with Crippen LogP contribution in [-0.4, -0.2) is 43.0 Å². The zero-order valence-corrected chi connectivity index (χ0v) is 12.2. The van der Waals surface area contributed by atoms with E-state index in [1.54, 1.807) is 7.11 Å². The largest absolute Gasteiger partial charge is 0.407 e. The van der Waals surface area contributed by atoms with Gasteiger partial charge < -0.3 is 19.4 Å². The molecule has 1 aromatic heterocycles. The standard InChI is InChI=1S/C14H24N4O2/c1-19-9-7-15-10-13-16-17-14(20-13)18-8-3-5-11-4-2-6-12(11)18/h11-12,15H,2-10H2,1H3. The number of hydrogen-bond donors (Lipinski definition) is 1. The van der Waals surface area contributed by atoms with Crippen LogP contribution in [-0.2, 0) is 11.3 Å². The lowest BCUT2D eigenvalue weighted by atomic mass is 9.92. The fourth-order valence-electron chi connectivity index (χ4n) is 3.49. The maximum atomic E-state index is 5.81. The van der Waals surface area contributed by atoms with Gasteiger partial charge in [0.05, 0.1) is 13.2 Å². The summed E-state index contributed by atoms with van der Waals surface area (Å²) in [6.45, 7) is 3.15. The third kappa shape index (κ3) is 2.96. The van der Waals surface area contributed by atoms with Gasteiger partial charge in [-0.25, -0.2) is 0 Å². The van der Waals surface area contributed by atoms with Gasteiger partial charge in [0.15, 0.2) is 0 Å². The number of aromatic nitrogens is 2. The smallest absolute Gasteiger partial charge is 0.318 e. The lowest BCUT2D eigenvalue weighted by Gasteiger charge is -2.36. The van der Waals surface area contributed by atoms with E-state index in [1.165, 1.54) is 32.1 Å². The molecule has 0 bridgehead atoms. The van der Waals surface area contributed by atoms with Crippen LogP contribution in [0.1, 0.15) is 38.0 Å². The Morgan fingerprint density at radius 3 is 3.10 bits per heavy atom. The topological polar surface area (TPSA) is 63.4 Å². The molecular weight excluding hydrogens is 256 g/mol. The minimum Gasteiger partial charge on any atom is -0.407 e. The highest BCUT2D eigenvalue weighted by atomic mass is 16.5. The Morgan fingerprint density at radius 1 is 1.30 bits per heavy atom. The summed E-state index contributed by atoms with van der Waals surface area (Å²) in [7, 11) is 1.70. The van der Waals surface area contributed by atoms with E-state index in [0.29, 0.717) is 31.1 Å². The van der Waals surface area contributed by atoms with E-state index in [-0.39, 0.29) is 0 Å². The number of hydrogen-bond acceptors (Lipinski definition) is 6. The van der Waals surface area contributed by atoms with E-state index in [0.717, 1.165) is 19.0 Å². The molecule has 2 aliphatic rings. The molecule has 2 fully saturated rings. The molecule has 0 amide bonds. The van der Waals surface area contributed by atoms with Crippen molar-refractivity contribution in [1.82, 2.24) is 15.5 Å². The van der Waals surface area contributed by atoms with Crippen molar-refractivity contribution in [2.45, 2.75) is 44.7 Å². The number of nitrogens with zero attached hydrogens (tertiary/aromatic N) is 3. The number of methoxy groups -OCH3 is 1. The first-order valence-corrected chi connectivity index (χ1v) is 7.67. The molecule has 3 rings (SSSR count). The van der Waals surface area contributed by atoms with Crippen molar-refractivity contribution in [2.75, 3.05) is 31.7 Å². The molecule has 1 saturated heterocycles. The molecule has 1 aromatic rings. The van der Waals surface area contributed by atoms with Crippen molar-refractivity contribution in [3.63, 3.8) is 0 Å². The summed E-state index contributed by atoms with van der Waals surface area (Å²) in [5.41, 5.74) is 0. The Morgan fingerprint density at radius 2 is 2.20 bits per heavy atom. The molecule has 2 atom stereocenters. The number of ether oxygens (including phenoxy) is 1. The SMILES string of the molecule is COCCNCc1nnc(N2CCCC3CCCC32)o1. The monoisotopic (exact) mass is 280 g/mol. The summed E-state index contributed by atoms with van der Waals surface area (Å²) >= 11 is 0. The second-order valence-electron chi connectivity index (χ2n) is 5.74. The molecule has 6 nitrogen and oxygen atoms in total. The minimum atomic E-state index is 0.609. The third-order valence-electron chi connectivity index (χ3n) is 4.45. The van der Waals surface area contributed by atoms with Gasteiger partial charge in [0.2, 0.25) is 5.89 Å². The van der Waals surface area contributed by atoms with Gasteiger partial charge in [-0.2, -0.15) is 0 Å². The van der Waals surface area contributed by atoms with Crippen molar-refractivity contribution >= 4 is 6.01 Å². The van der Waals surface area contributed by atoms with E-state index in [1.807, 2.05) is 0 Å². The van der Waals surface area contributed by atoms with Crippen LogP contribution in [0.3, 0.4) is 0 Å². The lowest BCUT2D eigenvalue weighted by molar-refractivity contribution is 0.198. The summed E-state index contributed by atoms with van der Waals surface area (Å²) < 4.78 is 10.8. The molecule has 2 unspecified atom stereocenters. The summed E-state index contributed by atoms with van der Waals surface area (Å²) in [4.78, 5) is 2.34. The maximum absolute atomic E-state index is 5.81. The van der Waals surface area contributed by atoms with Crippen LogP contribution in [0.5, 0.6) is 0 Å². The van der Waals surface area contributed by atoms with Crippen LogP contribution >= 0.6 is 0 Å². The molecule has 1 aliphatic heterocycles. The fourth-order valence-corrected chi connectivity index (χ4v) is 3.49. The summed E-state index contributed by atoms with van der Waals surface area (Å²) in [5.74, 6) is 1.50. The van der Waals surface area contributed by atoms with Gasteiger partial charge in [-0.05, 0) is 31.6 Å². The molecule has 0 aromatic carbocycles. The fraction of sp³-hybridized carbons (Fsp3) is 0.857. The van der Waals surface area contributed by atoms with Crippen LogP contribution in [0, 0.1) is 5.92 Å². The number of fused-ring (bicyclic) bond motifs is 1. The Hall–Kier alpha value is -1.14. The molecular formula is C14H24N4O2. The summed E-state index contributed by atoms with van der Waals surface area (Å²) in [5, 5.41) is 11.6. The van der Waals surface area contributed by atoms with E-state index < -0.39 is 0 Å². The van der Waals surface area contributed by atoms with E-state index in [4.69, 9.17) is 9.15 Å². The van der Waals surface area contributed by atoms with Crippen molar-refractivity contribution in [3.05, 3.63) is 5.89 Å². The highest BCUT2D eigenvalue weighted by Gasteiger charge is 2.37. The first kappa shape index (κ1) is 13.8. The van der Waals surface area contributed by atoms with Gasteiger partial charge in [-0.1, -0.05) is 11.5 Å². The van der Waals surface area contributed by atoms with Crippen LogP contribution in [0.15, 0.2) is 4.42 Å². The molecule has 20 heavy (non-hydrogen) atoms. The average Bonchev–Trinajstić information content (AvgIpc) is 3.12. The number of anilines is 1. The van der Waals surface area contributed by atoms with E-state index >= 15 is 0 Å². The van der Waals surface area contributed by atoms with Crippen molar-refractivity contribution < 1.29 is 9.15 Å². The van der Waals surface area contributed by atoms with Crippen LogP contribution in [0.2, 0.25) is 0 Å². The number of piperidine rings is 1. The van der Waals surface area contributed by atoms with Crippen molar-refractivity contribution in [2.24, 2.45) is 5.92 Å². The molecule has 2 heterocycles. The van der Waals surface area contributed by atoms with Crippen LogP contribution in [0.25, 0.3) is 0 Å². The van der Waals surface area contributed by atoms with Gasteiger partial charge in [0, 0.05) is 26.2 Å².